The second kappa shape index (κ2) is 8.74. The molecule has 146 valence electrons. The van der Waals surface area contributed by atoms with E-state index in [-0.39, 0.29) is 5.91 Å². The minimum Gasteiger partial charge on any atom is -0.494 e. The Morgan fingerprint density at radius 3 is 2.61 bits per heavy atom. The van der Waals surface area contributed by atoms with Crippen LogP contribution in [-0.4, -0.2) is 35.5 Å². The van der Waals surface area contributed by atoms with Gasteiger partial charge in [0.05, 0.1) is 21.8 Å². The van der Waals surface area contributed by atoms with E-state index in [1.807, 2.05) is 35.2 Å². The van der Waals surface area contributed by atoms with Crippen LogP contribution in [0.4, 0.5) is 0 Å². The van der Waals surface area contributed by atoms with Gasteiger partial charge in [-0.1, -0.05) is 25.5 Å². The maximum absolute atomic E-state index is 12.8. The number of nitrogens with zero attached hydrogens (tertiary/aromatic N) is 2. The summed E-state index contributed by atoms with van der Waals surface area (Å²) in [6.45, 7) is 4.44. The summed E-state index contributed by atoms with van der Waals surface area (Å²) in [5, 5.41) is 1.21. The highest BCUT2D eigenvalue weighted by Gasteiger charge is 2.26. The normalized spacial score (nSPS) is 15.1. The molecular formula is C23H26N2O2S. The van der Waals surface area contributed by atoms with Gasteiger partial charge in [-0.05, 0) is 55.7 Å². The lowest BCUT2D eigenvalue weighted by Crippen LogP contribution is -2.37. The van der Waals surface area contributed by atoms with Crippen LogP contribution < -0.4 is 4.74 Å². The molecule has 1 saturated heterocycles. The van der Waals surface area contributed by atoms with Crippen molar-refractivity contribution in [3.05, 3.63) is 59.1 Å². The van der Waals surface area contributed by atoms with Gasteiger partial charge in [0.25, 0.3) is 5.91 Å². The number of rotatable bonds is 6. The topological polar surface area (TPSA) is 42.4 Å². The summed E-state index contributed by atoms with van der Waals surface area (Å²) in [6.07, 6.45) is 4.11. The molecule has 1 aliphatic heterocycles. The molecule has 2 aromatic carbocycles. The van der Waals surface area contributed by atoms with Gasteiger partial charge in [-0.25, -0.2) is 4.98 Å². The van der Waals surface area contributed by atoms with Crippen molar-refractivity contribution in [3.63, 3.8) is 0 Å². The summed E-state index contributed by atoms with van der Waals surface area (Å²) < 4.78 is 6.93. The first-order valence-corrected chi connectivity index (χ1v) is 10.9. The number of hydrogen-bond acceptors (Lipinski definition) is 4. The largest absolute Gasteiger partial charge is 0.494 e. The van der Waals surface area contributed by atoms with Crippen molar-refractivity contribution < 1.29 is 9.53 Å². The number of ether oxygens (including phenoxy) is 1. The van der Waals surface area contributed by atoms with E-state index in [0.29, 0.717) is 5.92 Å². The summed E-state index contributed by atoms with van der Waals surface area (Å²) in [7, 11) is 0. The van der Waals surface area contributed by atoms with E-state index in [0.717, 1.165) is 62.2 Å². The number of benzene rings is 2. The zero-order valence-corrected chi connectivity index (χ0v) is 17.1. The Labute approximate surface area is 170 Å². The predicted molar refractivity (Wildman–Crippen MR) is 114 cm³/mol. The Bertz CT molecular complexity index is 894. The van der Waals surface area contributed by atoms with E-state index >= 15 is 0 Å². The van der Waals surface area contributed by atoms with E-state index in [1.165, 1.54) is 9.71 Å². The van der Waals surface area contributed by atoms with Crippen LogP contribution in [0.2, 0.25) is 0 Å². The maximum Gasteiger partial charge on any atom is 0.253 e. The number of amides is 1. The fourth-order valence-corrected chi connectivity index (χ4v) is 4.74. The fraction of sp³-hybridized carbons (Fsp3) is 0.391. The molecule has 0 radical (unpaired) electrons. The molecule has 3 aromatic rings. The van der Waals surface area contributed by atoms with Crippen LogP contribution in [0.5, 0.6) is 5.75 Å². The van der Waals surface area contributed by atoms with Gasteiger partial charge in [-0.3, -0.25) is 4.79 Å². The quantitative estimate of drug-likeness (QED) is 0.519. The van der Waals surface area contributed by atoms with Crippen LogP contribution in [0, 0.1) is 0 Å². The Morgan fingerprint density at radius 1 is 1.14 bits per heavy atom. The fourth-order valence-electron chi connectivity index (χ4n) is 3.60. The van der Waals surface area contributed by atoms with Crippen molar-refractivity contribution in [2.75, 3.05) is 19.7 Å². The number of likely N-dealkylation sites (tertiary alicyclic amines) is 1. The van der Waals surface area contributed by atoms with Gasteiger partial charge in [0.15, 0.2) is 0 Å². The average molecular weight is 395 g/mol. The zero-order chi connectivity index (χ0) is 19.3. The SMILES string of the molecule is CCCCOc1ccc(C(=O)N2CCC(c3nc4ccccc4s3)CC2)cc1. The molecule has 2 heterocycles. The number of carbonyl (C=O) groups excluding carboxylic acids is 1. The Morgan fingerprint density at radius 2 is 1.89 bits per heavy atom. The molecule has 1 fully saturated rings. The van der Waals surface area contributed by atoms with Crippen molar-refractivity contribution >= 4 is 27.5 Å². The van der Waals surface area contributed by atoms with Gasteiger partial charge in [-0.2, -0.15) is 0 Å². The monoisotopic (exact) mass is 394 g/mol. The summed E-state index contributed by atoms with van der Waals surface area (Å²) in [4.78, 5) is 19.6. The molecule has 0 bridgehead atoms. The molecule has 0 saturated carbocycles. The predicted octanol–water partition coefficient (Wildman–Crippen LogP) is 5.50. The first kappa shape index (κ1) is 18.9. The molecule has 1 amide bonds. The first-order valence-electron chi connectivity index (χ1n) is 10.1. The number of hydrogen-bond donors (Lipinski definition) is 0. The molecule has 28 heavy (non-hydrogen) atoms. The van der Waals surface area contributed by atoms with Crippen molar-refractivity contribution in [2.24, 2.45) is 0 Å². The number of piperidine rings is 1. The summed E-state index contributed by atoms with van der Waals surface area (Å²) in [6, 6.07) is 15.9. The molecule has 0 aliphatic carbocycles. The highest BCUT2D eigenvalue weighted by Crippen LogP contribution is 2.34. The van der Waals surface area contributed by atoms with Crippen molar-refractivity contribution in [1.29, 1.82) is 0 Å². The van der Waals surface area contributed by atoms with Gasteiger partial charge in [-0.15, -0.1) is 11.3 Å². The van der Waals surface area contributed by atoms with Crippen LogP contribution in [0.1, 0.15) is 53.9 Å². The standard InChI is InChI=1S/C23H26N2O2S/c1-2-3-16-27-19-10-8-18(9-11-19)23(26)25-14-12-17(13-15-25)22-24-20-6-4-5-7-21(20)28-22/h4-11,17H,2-3,12-16H2,1H3. The number of fused-ring (bicyclic) bond motifs is 1. The molecule has 4 rings (SSSR count). The van der Waals surface area contributed by atoms with Crippen LogP contribution in [0.25, 0.3) is 10.2 Å². The molecule has 0 atom stereocenters. The van der Waals surface area contributed by atoms with Gasteiger partial charge in [0, 0.05) is 24.6 Å². The molecule has 1 aliphatic rings. The van der Waals surface area contributed by atoms with E-state index < -0.39 is 0 Å². The van der Waals surface area contributed by atoms with Crippen molar-refractivity contribution in [3.8, 4) is 5.75 Å². The third kappa shape index (κ3) is 4.20. The lowest BCUT2D eigenvalue weighted by atomic mass is 9.97. The third-order valence-corrected chi connectivity index (χ3v) is 6.51. The van der Waals surface area contributed by atoms with Crippen LogP contribution in [-0.2, 0) is 0 Å². The number of para-hydroxylation sites is 1. The number of carbonyl (C=O) groups is 1. The van der Waals surface area contributed by atoms with Gasteiger partial charge in [0.1, 0.15) is 5.75 Å². The lowest BCUT2D eigenvalue weighted by molar-refractivity contribution is 0.0713. The zero-order valence-electron chi connectivity index (χ0n) is 16.3. The molecule has 0 N–H and O–H groups in total. The third-order valence-electron chi connectivity index (χ3n) is 5.31. The average Bonchev–Trinajstić information content (AvgIpc) is 3.18. The van der Waals surface area contributed by atoms with E-state index in [9.17, 15) is 4.79 Å². The smallest absolute Gasteiger partial charge is 0.253 e. The van der Waals surface area contributed by atoms with Crippen LogP contribution in [0.15, 0.2) is 48.5 Å². The minimum atomic E-state index is 0.114. The van der Waals surface area contributed by atoms with Crippen molar-refractivity contribution in [2.45, 2.75) is 38.5 Å². The Balaban J connectivity index is 1.34. The molecular weight excluding hydrogens is 368 g/mol. The highest BCUT2D eigenvalue weighted by molar-refractivity contribution is 7.18. The lowest BCUT2D eigenvalue weighted by Gasteiger charge is -2.31. The molecule has 1 aromatic heterocycles. The molecule has 4 nitrogen and oxygen atoms in total. The maximum atomic E-state index is 12.8. The summed E-state index contributed by atoms with van der Waals surface area (Å²) in [5.41, 5.74) is 1.82. The molecule has 0 unspecified atom stereocenters. The second-order valence-corrected chi connectivity index (χ2v) is 8.37. The highest BCUT2D eigenvalue weighted by atomic mass is 32.1. The van der Waals surface area contributed by atoms with Crippen LogP contribution >= 0.6 is 11.3 Å². The van der Waals surface area contributed by atoms with E-state index in [4.69, 9.17) is 9.72 Å². The number of thiazole rings is 1. The van der Waals surface area contributed by atoms with Gasteiger partial charge >= 0.3 is 0 Å². The van der Waals surface area contributed by atoms with Gasteiger partial charge in [0.2, 0.25) is 0 Å². The Hall–Kier alpha value is -2.40. The van der Waals surface area contributed by atoms with E-state index in [2.05, 4.69) is 25.1 Å². The second-order valence-electron chi connectivity index (χ2n) is 7.31. The molecule has 0 spiro atoms. The number of aromatic nitrogens is 1. The Kier molecular flexibility index (Phi) is 5.91. The number of unbranched alkanes of at least 4 members (excludes halogenated alkanes) is 1. The van der Waals surface area contributed by atoms with Crippen LogP contribution in [0.3, 0.4) is 0 Å². The van der Waals surface area contributed by atoms with Crippen molar-refractivity contribution in [1.82, 2.24) is 9.88 Å². The van der Waals surface area contributed by atoms with E-state index in [1.54, 1.807) is 11.3 Å². The molecule has 5 heteroatoms. The van der Waals surface area contributed by atoms with Gasteiger partial charge < -0.3 is 9.64 Å². The summed E-state index contributed by atoms with van der Waals surface area (Å²) >= 11 is 1.79. The first-order chi connectivity index (χ1) is 13.7. The minimum absolute atomic E-state index is 0.114. The summed E-state index contributed by atoms with van der Waals surface area (Å²) in [5.74, 6) is 1.40.